The van der Waals surface area contributed by atoms with Crippen LogP contribution in [-0.4, -0.2) is 44.9 Å². The predicted molar refractivity (Wildman–Crippen MR) is 82.6 cm³/mol. The van der Waals surface area contributed by atoms with Crippen LogP contribution in [0.2, 0.25) is 0 Å². The summed E-state index contributed by atoms with van der Waals surface area (Å²) in [7, 11) is 0. The molecular weight excluding hydrogens is 292 g/mol. The lowest BCUT2D eigenvalue weighted by Gasteiger charge is -1.89. The molecule has 0 radical (unpaired) electrons. The fourth-order valence-corrected chi connectivity index (χ4v) is 0.762. The van der Waals surface area contributed by atoms with Crippen LogP contribution >= 0.6 is 0 Å². The first-order valence-electron chi connectivity index (χ1n) is 6.40. The van der Waals surface area contributed by atoms with Crippen molar-refractivity contribution in [1.82, 2.24) is 0 Å². The highest BCUT2D eigenvalue weighted by atomic mass is 16.4. The van der Waals surface area contributed by atoms with Crippen molar-refractivity contribution in [2.75, 3.05) is 6.61 Å². The molecule has 0 saturated heterocycles. The van der Waals surface area contributed by atoms with Crippen molar-refractivity contribution in [1.29, 1.82) is 0 Å². The Labute approximate surface area is 129 Å². The molecule has 0 atom stereocenters. The third-order valence-corrected chi connectivity index (χ3v) is 1.94. The first kappa shape index (κ1) is 24.6. The molecule has 0 heterocycles. The molecule has 0 amide bonds. The Morgan fingerprint density at radius 1 is 0.955 bits per heavy atom. The lowest BCUT2D eigenvalue weighted by molar-refractivity contribution is -0.133. The fourth-order valence-electron chi connectivity index (χ4n) is 0.762. The van der Waals surface area contributed by atoms with E-state index in [4.69, 9.17) is 20.4 Å². The number of aliphatic carboxylic acids is 3. The fraction of sp³-hybridized carbons (Fsp3) is 0.400. The van der Waals surface area contributed by atoms with Gasteiger partial charge in [0.25, 0.3) is 0 Å². The molecule has 126 valence electrons. The van der Waals surface area contributed by atoms with Gasteiger partial charge >= 0.3 is 17.9 Å². The lowest BCUT2D eigenvalue weighted by atomic mass is 10.2. The summed E-state index contributed by atoms with van der Waals surface area (Å²) < 4.78 is 0. The van der Waals surface area contributed by atoms with Gasteiger partial charge in [0.2, 0.25) is 0 Å². The number of carboxylic acids is 3. The standard InChI is InChI=1S/C6H10O3.C6H10O2.C3H4O2/c1-5(6(8)9)3-2-4-7;1-3-4-5(2)6(7)8;1-2-3(4)5/h3,7H,2,4H2,1H3,(H,8,9);4H,3H2,1-2H3,(H,7,8);2H,1H2,(H,4,5). The number of hydrogen-bond acceptors (Lipinski definition) is 4. The van der Waals surface area contributed by atoms with Crippen LogP contribution in [0.1, 0.15) is 33.6 Å². The Bertz CT molecular complexity index is 420. The summed E-state index contributed by atoms with van der Waals surface area (Å²) in [5, 5.41) is 32.4. The molecule has 0 fully saturated rings. The normalized spacial score (nSPS) is 10.4. The SMILES string of the molecule is C=CC(=O)O.CC(=CCCO)C(=O)O.CCC=C(C)C(=O)O. The van der Waals surface area contributed by atoms with E-state index < -0.39 is 17.9 Å². The van der Waals surface area contributed by atoms with Crippen molar-refractivity contribution in [3.63, 3.8) is 0 Å². The van der Waals surface area contributed by atoms with Crippen molar-refractivity contribution in [3.8, 4) is 0 Å². The van der Waals surface area contributed by atoms with E-state index in [0.717, 1.165) is 12.5 Å². The van der Waals surface area contributed by atoms with Crippen LogP contribution in [0.15, 0.2) is 36.0 Å². The first-order valence-corrected chi connectivity index (χ1v) is 6.40. The highest BCUT2D eigenvalue weighted by Gasteiger charge is 1.96. The summed E-state index contributed by atoms with van der Waals surface area (Å²) in [6, 6.07) is 0. The van der Waals surface area contributed by atoms with Gasteiger partial charge in [0, 0.05) is 23.8 Å². The Hall–Kier alpha value is -2.41. The maximum Gasteiger partial charge on any atom is 0.330 e. The monoisotopic (exact) mass is 316 g/mol. The Balaban J connectivity index is -0.000000257. The second-order valence-electron chi connectivity index (χ2n) is 3.85. The van der Waals surface area contributed by atoms with Crippen LogP contribution in [0.5, 0.6) is 0 Å². The van der Waals surface area contributed by atoms with Crippen molar-refractivity contribution in [2.45, 2.75) is 33.6 Å². The molecule has 0 aliphatic carbocycles. The minimum atomic E-state index is -0.981. The Morgan fingerprint density at radius 3 is 1.50 bits per heavy atom. The Kier molecular flexibility index (Phi) is 18.6. The molecule has 0 bridgehead atoms. The highest BCUT2D eigenvalue weighted by Crippen LogP contribution is 1.93. The Morgan fingerprint density at radius 2 is 1.32 bits per heavy atom. The van der Waals surface area contributed by atoms with E-state index in [1.165, 1.54) is 13.0 Å². The highest BCUT2D eigenvalue weighted by molar-refractivity contribution is 5.86. The van der Waals surface area contributed by atoms with Crippen LogP contribution in [-0.2, 0) is 14.4 Å². The van der Waals surface area contributed by atoms with Gasteiger partial charge in [-0.2, -0.15) is 0 Å². The molecule has 0 aromatic carbocycles. The van der Waals surface area contributed by atoms with E-state index in [2.05, 4.69) is 6.58 Å². The van der Waals surface area contributed by atoms with Gasteiger partial charge in [0.1, 0.15) is 0 Å². The molecule has 22 heavy (non-hydrogen) atoms. The zero-order valence-corrected chi connectivity index (χ0v) is 13.1. The molecule has 7 nitrogen and oxygen atoms in total. The van der Waals surface area contributed by atoms with Gasteiger partial charge < -0.3 is 20.4 Å². The second kappa shape index (κ2) is 16.6. The molecule has 4 N–H and O–H groups in total. The number of aliphatic hydroxyl groups is 1. The van der Waals surface area contributed by atoms with Gasteiger partial charge in [-0.05, 0) is 26.7 Å². The lowest BCUT2D eigenvalue weighted by Crippen LogP contribution is -1.95. The van der Waals surface area contributed by atoms with Crippen molar-refractivity contribution in [3.05, 3.63) is 36.0 Å². The van der Waals surface area contributed by atoms with Gasteiger partial charge in [-0.1, -0.05) is 25.7 Å². The molecule has 0 aromatic heterocycles. The van der Waals surface area contributed by atoms with Crippen LogP contribution in [0.4, 0.5) is 0 Å². The molecule has 7 heteroatoms. The zero-order chi connectivity index (χ0) is 18.1. The summed E-state index contributed by atoms with van der Waals surface area (Å²) in [4.78, 5) is 29.3. The minimum absolute atomic E-state index is 0.00458. The topological polar surface area (TPSA) is 132 Å². The summed E-state index contributed by atoms with van der Waals surface area (Å²) in [6.45, 7) is 7.96. The van der Waals surface area contributed by atoms with Gasteiger partial charge in [-0.3, -0.25) is 0 Å². The number of aliphatic hydroxyl groups excluding tert-OH is 1. The average molecular weight is 316 g/mol. The van der Waals surface area contributed by atoms with E-state index in [1.54, 1.807) is 13.0 Å². The zero-order valence-electron chi connectivity index (χ0n) is 13.1. The molecule has 0 aromatic rings. The third kappa shape index (κ3) is 22.7. The molecular formula is C15H24O7. The molecule has 0 spiro atoms. The van der Waals surface area contributed by atoms with Gasteiger partial charge in [0.15, 0.2) is 0 Å². The average Bonchev–Trinajstić information content (AvgIpc) is 2.45. The van der Waals surface area contributed by atoms with E-state index >= 15 is 0 Å². The maximum absolute atomic E-state index is 10.1. The number of hydrogen-bond donors (Lipinski definition) is 4. The minimum Gasteiger partial charge on any atom is -0.478 e. The van der Waals surface area contributed by atoms with Crippen LogP contribution < -0.4 is 0 Å². The van der Waals surface area contributed by atoms with E-state index in [9.17, 15) is 14.4 Å². The van der Waals surface area contributed by atoms with Gasteiger partial charge in [0.05, 0.1) is 0 Å². The van der Waals surface area contributed by atoms with E-state index in [1.807, 2.05) is 6.92 Å². The van der Waals surface area contributed by atoms with Crippen molar-refractivity contribution < 1.29 is 34.8 Å². The summed E-state index contributed by atoms with van der Waals surface area (Å²) in [5.74, 6) is -2.74. The van der Waals surface area contributed by atoms with E-state index in [-0.39, 0.29) is 12.2 Å². The molecule has 0 saturated carbocycles. The summed E-state index contributed by atoms with van der Waals surface area (Å²) in [5.41, 5.74) is 0.705. The predicted octanol–water partition coefficient (Wildman–Crippen LogP) is 2.08. The largest absolute Gasteiger partial charge is 0.478 e. The van der Waals surface area contributed by atoms with Crippen LogP contribution in [0, 0.1) is 0 Å². The molecule has 0 aliphatic heterocycles. The number of carbonyl (C=O) groups is 3. The van der Waals surface area contributed by atoms with Crippen molar-refractivity contribution in [2.24, 2.45) is 0 Å². The van der Waals surface area contributed by atoms with Gasteiger partial charge in [-0.25, -0.2) is 14.4 Å². The molecule has 0 unspecified atom stereocenters. The number of rotatable bonds is 6. The van der Waals surface area contributed by atoms with Crippen LogP contribution in [0.25, 0.3) is 0 Å². The summed E-state index contributed by atoms with van der Waals surface area (Å²) >= 11 is 0. The second-order valence-corrected chi connectivity index (χ2v) is 3.85. The first-order chi connectivity index (χ1) is 10.1. The van der Waals surface area contributed by atoms with E-state index in [0.29, 0.717) is 12.0 Å². The smallest absolute Gasteiger partial charge is 0.330 e. The maximum atomic E-state index is 10.1. The number of allylic oxidation sites excluding steroid dienone is 1. The molecule has 0 aliphatic rings. The van der Waals surface area contributed by atoms with Crippen molar-refractivity contribution >= 4 is 17.9 Å². The van der Waals surface area contributed by atoms with Gasteiger partial charge in [-0.15, -0.1) is 0 Å². The van der Waals surface area contributed by atoms with Crippen LogP contribution in [0.3, 0.4) is 0 Å². The third-order valence-electron chi connectivity index (χ3n) is 1.94. The quantitative estimate of drug-likeness (QED) is 0.551. The summed E-state index contributed by atoms with van der Waals surface area (Å²) in [6.07, 6.45) is 5.21. The molecule has 0 rings (SSSR count). The number of carboxylic acid groups (broad SMARTS) is 3.